The van der Waals surface area contributed by atoms with Gasteiger partial charge in [0.2, 0.25) is 15.9 Å². The van der Waals surface area contributed by atoms with Crippen molar-refractivity contribution in [3.8, 4) is 5.75 Å². The van der Waals surface area contributed by atoms with E-state index < -0.39 is 21.7 Å². The van der Waals surface area contributed by atoms with Crippen LogP contribution in [0, 0.1) is 5.82 Å². The summed E-state index contributed by atoms with van der Waals surface area (Å²) < 4.78 is 44.7. The minimum atomic E-state index is -3.90. The first-order valence-corrected chi connectivity index (χ1v) is 9.91. The molecule has 1 unspecified atom stereocenters. The highest BCUT2D eigenvalue weighted by molar-refractivity contribution is 7.89. The van der Waals surface area contributed by atoms with E-state index in [4.69, 9.17) is 4.74 Å². The number of halogens is 1. The standard InChI is InChI=1S/C19H23FN2O4S/c1-4-22(27(24,25)16-11-9-15(20)10-12-16)13-19(23)21-14(2)17-7-5-6-8-18(17)26-3/h5-12,14H,4,13H2,1-3H3,(H,21,23). The number of para-hydroxylation sites is 1. The number of likely N-dealkylation sites (N-methyl/N-ethyl adjacent to an activating group) is 1. The van der Waals surface area contributed by atoms with Gasteiger partial charge >= 0.3 is 0 Å². The minimum absolute atomic E-state index is 0.0590. The van der Waals surface area contributed by atoms with Crippen LogP contribution in [0.25, 0.3) is 0 Å². The van der Waals surface area contributed by atoms with Crippen LogP contribution in [0.5, 0.6) is 5.75 Å². The van der Waals surface area contributed by atoms with Crippen LogP contribution in [-0.4, -0.2) is 38.8 Å². The zero-order valence-corrected chi connectivity index (χ0v) is 16.3. The van der Waals surface area contributed by atoms with Gasteiger partial charge in [-0.05, 0) is 37.3 Å². The lowest BCUT2D eigenvalue weighted by molar-refractivity contribution is -0.121. The van der Waals surface area contributed by atoms with Gasteiger partial charge in [-0.1, -0.05) is 25.1 Å². The van der Waals surface area contributed by atoms with Crippen LogP contribution in [0.4, 0.5) is 4.39 Å². The lowest BCUT2D eigenvalue weighted by atomic mass is 10.1. The molecule has 8 heteroatoms. The lowest BCUT2D eigenvalue weighted by Gasteiger charge is -2.22. The first-order valence-electron chi connectivity index (χ1n) is 8.47. The summed E-state index contributed by atoms with van der Waals surface area (Å²) >= 11 is 0. The molecule has 1 N–H and O–H groups in total. The predicted octanol–water partition coefficient (Wildman–Crippen LogP) is 2.72. The summed E-state index contributed by atoms with van der Waals surface area (Å²) in [6.45, 7) is 3.20. The summed E-state index contributed by atoms with van der Waals surface area (Å²) in [5.41, 5.74) is 0.790. The molecule has 6 nitrogen and oxygen atoms in total. The maximum Gasteiger partial charge on any atom is 0.243 e. The largest absolute Gasteiger partial charge is 0.496 e. The van der Waals surface area contributed by atoms with Gasteiger partial charge in [-0.2, -0.15) is 4.31 Å². The Morgan fingerprint density at radius 1 is 1.19 bits per heavy atom. The van der Waals surface area contributed by atoms with E-state index in [1.54, 1.807) is 27.0 Å². The van der Waals surface area contributed by atoms with Crippen LogP contribution < -0.4 is 10.1 Å². The molecular weight excluding hydrogens is 371 g/mol. The zero-order valence-electron chi connectivity index (χ0n) is 15.5. The number of carbonyl (C=O) groups is 1. The Morgan fingerprint density at radius 2 is 1.81 bits per heavy atom. The molecule has 1 amide bonds. The second kappa shape index (κ2) is 8.96. The third-order valence-electron chi connectivity index (χ3n) is 4.11. The van der Waals surface area contributed by atoms with Crippen LogP contribution in [0.2, 0.25) is 0 Å². The third kappa shape index (κ3) is 5.05. The van der Waals surface area contributed by atoms with Gasteiger partial charge in [-0.3, -0.25) is 4.79 Å². The number of nitrogens with zero attached hydrogens (tertiary/aromatic N) is 1. The second-order valence-electron chi connectivity index (χ2n) is 5.92. The van der Waals surface area contributed by atoms with Crippen molar-refractivity contribution in [3.05, 3.63) is 59.9 Å². The molecule has 0 aliphatic heterocycles. The van der Waals surface area contributed by atoms with Crippen molar-refractivity contribution in [1.29, 1.82) is 0 Å². The molecule has 0 aliphatic rings. The summed E-state index contributed by atoms with van der Waals surface area (Å²) in [5, 5.41) is 2.78. The number of carbonyl (C=O) groups excluding carboxylic acids is 1. The van der Waals surface area contributed by atoms with E-state index >= 15 is 0 Å². The highest BCUT2D eigenvalue weighted by Crippen LogP contribution is 2.24. The number of amides is 1. The van der Waals surface area contributed by atoms with E-state index in [1.165, 1.54) is 12.1 Å². The minimum Gasteiger partial charge on any atom is -0.496 e. The zero-order chi connectivity index (χ0) is 20.0. The Bertz CT molecular complexity index is 885. The third-order valence-corrected chi connectivity index (χ3v) is 6.04. The van der Waals surface area contributed by atoms with Gasteiger partial charge in [0.1, 0.15) is 11.6 Å². The van der Waals surface area contributed by atoms with Crippen molar-refractivity contribution >= 4 is 15.9 Å². The first kappa shape index (κ1) is 20.9. The predicted molar refractivity (Wildman–Crippen MR) is 100 cm³/mol. The second-order valence-corrected chi connectivity index (χ2v) is 7.85. The van der Waals surface area contributed by atoms with Crippen LogP contribution in [0.1, 0.15) is 25.5 Å². The SMILES string of the molecule is CCN(CC(=O)NC(C)c1ccccc1OC)S(=O)(=O)c1ccc(F)cc1. The Labute approximate surface area is 159 Å². The van der Waals surface area contributed by atoms with Crippen molar-refractivity contribution in [2.75, 3.05) is 20.2 Å². The van der Waals surface area contributed by atoms with Gasteiger partial charge in [-0.15, -0.1) is 0 Å². The summed E-state index contributed by atoms with van der Waals surface area (Å²) in [6.07, 6.45) is 0. The highest BCUT2D eigenvalue weighted by Gasteiger charge is 2.26. The number of ether oxygens (including phenoxy) is 1. The van der Waals surface area contributed by atoms with Gasteiger partial charge in [0.05, 0.1) is 24.6 Å². The number of methoxy groups -OCH3 is 1. The van der Waals surface area contributed by atoms with E-state index in [1.807, 2.05) is 18.2 Å². The molecule has 27 heavy (non-hydrogen) atoms. The van der Waals surface area contributed by atoms with Crippen molar-refractivity contribution in [2.24, 2.45) is 0 Å². The molecule has 2 rings (SSSR count). The molecule has 0 fully saturated rings. The molecular formula is C19H23FN2O4S. The fraction of sp³-hybridized carbons (Fsp3) is 0.316. The molecule has 0 saturated carbocycles. The number of benzene rings is 2. The van der Waals surface area contributed by atoms with E-state index in [2.05, 4.69) is 5.32 Å². The van der Waals surface area contributed by atoms with Crippen LogP contribution in [0.15, 0.2) is 53.4 Å². The fourth-order valence-electron chi connectivity index (χ4n) is 2.67. The van der Waals surface area contributed by atoms with E-state index in [-0.39, 0.29) is 24.0 Å². The summed E-state index contributed by atoms with van der Waals surface area (Å²) in [5.74, 6) is -0.335. The van der Waals surface area contributed by atoms with Gasteiger partial charge in [-0.25, -0.2) is 12.8 Å². The molecule has 146 valence electrons. The smallest absolute Gasteiger partial charge is 0.243 e. The molecule has 0 radical (unpaired) electrons. The van der Waals surface area contributed by atoms with Crippen LogP contribution in [0.3, 0.4) is 0 Å². The quantitative estimate of drug-likeness (QED) is 0.747. The van der Waals surface area contributed by atoms with E-state index in [0.29, 0.717) is 5.75 Å². The van der Waals surface area contributed by atoms with E-state index in [0.717, 1.165) is 22.0 Å². The highest BCUT2D eigenvalue weighted by atomic mass is 32.2. The van der Waals surface area contributed by atoms with Crippen molar-refractivity contribution in [3.63, 3.8) is 0 Å². The number of rotatable bonds is 8. The van der Waals surface area contributed by atoms with Crippen molar-refractivity contribution < 1.29 is 22.3 Å². The number of hydrogen-bond acceptors (Lipinski definition) is 4. The monoisotopic (exact) mass is 394 g/mol. The van der Waals surface area contributed by atoms with Crippen molar-refractivity contribution in [1.82, 2.24) is 9.62 Å². The topological polar surface area (TPSA) is 75.7 Å². The summed E-state index contributed by atoms with van der Waals surface area (Å²) in [6, 6.07) is 11.4. The lowest BCUT2D eigenvalue weighted by Crippen LogP contribution is -2.41. The summed E-state index contributed by atoms with van der Waals surface area (Å²) in [7, 11) is -2.35. The van der Waals surface area contributed by atoms with Gasteiger partial charge in [0, 0.05) is 12.1 Å². The molecule has 2 aromatic carbocycles. The Morgan fingerprint density at radius 3 is 2.41 bits per heavy atom. The number of nitrogens with one attached hydrogen (secondary N) is 1. The summed E-state index contributed by atoms with van der Waals surface area (Å²) in [4.78, 5) is 12.4. The van der Waals surface area contributed by atoms with Gasteiger partial charge in [0.15, 0.2) is 0 Å². The molecule has 0 saturated heterocycles. The Balaban J connectivity index is 2.11. The molecule has 0 bridgehead atoms. The normalized spacial score (nSPS) is 12.6. The molecule has 0 heterocycles. The maximum absolute atomic E-state index is 13.1. The number of hydrogen-bond donors (Lipinski definition) is 1. The first-order chi connectivity index (χ1) is 12.8. The van der Waals surface area contributed by atoms with Crippen LogP contribution in [-0.2, 0) is 14.8 Å². The maximum atomic E-state index is 13.1. The average molecular weight is 394 g/mol. The fourth-order valence-corrected chi connectivity index (χ4v) is 4.08. The molecule has 0 aliphatic carbocycles. The molecule has 0 aromatic heterocycles. The molecule has 1 atom stereocenters. The average Bonchev–Trinajstić information content (AvgIpc) is 2.66. The van der Waals surface area contributed by atoms with Crippen LogP contribution >= 0.6 is 0 Å². The van der Waals surface area contributed by atoms with Crippen molar-refractivity contribution in [2.45, 2.75) is 24.8 Å². The van der Waals surface area contributed by atoms with Gasteiger partial charge < -0.3 is 10.1 Å². The Kier molecular flexibility index (Phi) is 6.92. The molecule has 2 aromatic rings. The Hall–Kier alpha value is -2.45. The van der Waals surface area contributed by atoms with Gasteiger partial charge in [0.25, 0.3) is 0 Å². The number of sulfonamides is 1. The van der Waals surface area contributed by atoms with E-state index in [9.17, 15) is 17.6 Å². The molecule has 0 spiro atoms.